The van der Waals surface area contributed by atoms with Gasteiger partial charge in [0.05, 0.1) is 11.2 Å². The maximum absolute atomic E-state index is 11.1. The summed E-state index contributed by atoms with van der Waals surface area (Å²) in [6.07, 6.45) is 0. The van der Waals surface area contributed by atoms with E-state index in [2.05, 4.69) is 15.0 Å². The minimum absolute atomic E-state index is 0.228. The van der Waals surface area contributed by atoms with Crippen LogP contribution in [0.1, 0.15) is 5.69 Å². The molecule has 0 atom stereocenters. The number of rotatable bonds is 1. The van der Waals surface area contributed by atoms with Gasteiger partial charge in [-0.05, 0) is 31.2 Å². The molecule has 2 heterocycles. The van der Waals surface area contributed by atoms with Gasteiger partial charge in [0.15, 0.2) is 5.58 Å². The van der Waals surface area contributed by atoms with E-state index >= 15 is 0 Å². The van der Waals surface area contributed by atoms with Gasteiger partial charge in [0, 0.05) is 11.3 Å². The Labute approximate surface area is 101 Å². The van der Waals surface area contributed by atoms with Gasteiger partial charge in [0.2, 0.25) is 5.95 Å². The molecule has 0 unspecified atom stereocenters. The zero-order chi connectivity index (χ0) is 12.7. The Balaban J connectivity index is 2.21. The third-order valence-corrected chi connectivity index (χ3v) is 2.59. The van der Waals surface area contributed by atoms with Gasteiger partial charge in [-0.25, -0.2) is 14.8 Å². The van der Waals surface area contributed by atoms with Crippen LogP contribution in [0.15, 0.2) is 33.5 Å². The van der Waals surface area contributed by atoms with Gasteiger partial charge in [-0.1, -0.05) is 0 Å². The Morgan fingerprint density at radius 3 is 2.89 bits per heavy atom. The Morgan fingerprint density at radius 2 is 2.11 bits per heavy atom. The maximum atomic E-state index is 11.1. The number of hydrogen-bond donors (Lipinski definition) is 2. The molecular formula is C12H10N4O2. The number of nitrogens with zero attached hydrogens (tertiary/aromatic N) is 2. The fraction of sp³-hybridized carbons (Fsp3) is 0.0833. The summed E-state index contributed by atoms with van der Waals surface area (Å²) in [4.78, 5) is 21.9. The molecule has 3 N–H and O–H groups in total. The Hall–Kier alpha value is -2.63. The van der Waals surface area contributed by atoms with Gasteiger partial charge in [-0.15, -0.1) is 0 Å². The highest BCUT2D eigenvalue weighted by molar-refractivity contribution is 5.79. The van der Waals surface area contributed by atoms with Gasteiger partial charge in [0.25, 0.3) is 0 Å². The Bertz CT molecular complexity index is 768. The molecule has 6 heteroatoms. The molecule has 0 amide bonds. The number of aromatic amines is 1. The van der Waals surface area contributed by atoms with Crippen molar-refractivity contribution in [1.29, 1.82) is 0 Å². The SMILES string of the molecule is Cc1cc(-c2ccc3oc(=O)[nH]c3c2)nc(N)n1. The van der Waals surface area contributed by atoms with Crippen molar-refractivity contribution in [3.63, 3.8) is 0 Å². The predicted molar refractivity (Wildman–Crippen MR) is 67.0 cm³/mol. The average molecular weight is 242 g/mol. The molecule has 0 bridgehead atoms. The van der Waals surface area contributed by atoms with E-state index in [1.807, 2.05) is 19.1 Å². The van der Waals surface area contributed by atoms with Crippen LogP contribution in [0.5, 0.6) is 0 Å². The highest BCUT2D eigenvalue weighted by atomic mass is 16.4. The maximum Gasteiger partial charge on any atom is 0.417 e. The van der Waals surface area contributed by atoms with Crippen molar-refractivity contribution in [1.82, 2.24) is 15.0 Å². The molecule has 6 nitrogen and oxygen atoms in total. The number of oxazole rings is 1. The fourth-order valence-corrected chi connectivity index (χ4v) is 1.85. The van der Waals surface area contributed by atoms with Crippen LogP contribution in [-0.4, -0.2) is 15.0 Å². The lowest BCUT2D eigenvalue weighted by Crippen LogP contribution is -1.98. The summed E-state index contributed by atoms with van der Waals surface area (Å²) in [7, 11) is 0. The van der Waals surface area contributed by atoms with E-state index in [1.165, 1.54) is 0 Å². The number of nitrogens with one attached hydrogen (secondary N) is 1. The molecule has 2 aromatic heterocycles. The summed E-state index contributed by atoms with van der Waals surface area (Å²) in [5.41, 5.74) is 9.11. The second-order valence-corrected chi connectivity index (χ2v) is 3.98. The molecular weight excluding hydrogens is 232 g/mol. The van der Waals surface area contributed by atoms with Crippen molar-refractivity contribution in [3.05, 3.63) is 40.5 Å². The first-order valence-corrected chi connectivity index (χ1v) is 5.36. The number of nitrogens with two attached hydrogens (primary N) is 1. The molecule has 3 rings (SSSR count). The van der Waals surface area contributed by atoms with Crippen molar-refractivity contribution >= 4 is 17.0 Å². The molecule has 0 radical (unpaired) electrons. The van der Waals surface area contributed by atoms with Gasteiger partial charge >= 0.3 is 5.76 Å². The third-order valence-electron chi connectivity index (χ3n) is 2.59. The Morgan fingerprint density at radius 1 is 1.28 bits per heavy atom. The minimum atomic E-state index is -0.472. The number of aryl methyl sites for hydroxylation is 1. The fourth-order valence-electron chi connectivity index (χ4n) is 1.85. The van der Waals surface area contributed by atoms with Crippen LogP contribution >= 0.6 is 0 Å². The molecule has 0 fully saturated rings. The summed E-state index contributed by atoms with van der Waals surface area (Å²) in [6, 6.07) is 7.16. The van der Waals surface area contributed by atoms with Crippen molar-refractivity contribution < 1.29 is 4.42 Å². The van der Waals surface area contributed by atoms with E-state index < -0.39 is 5.76 Å². The average Bonchev–Trinajstić information content (AvgIpc) is 2.66. The number of anilines is 1. The van der Waals surface area contributed by atoms with Gasteiger partial charge in [0.1, 0.15) is 0 Å². The molecule has 18 heavy (non-hydrogen) atoms. The number of nitrogen functional groups attached to an aromatic ring is 1. The quantitative estimate of drug-likeness (QED) is 0.673. The van der Waals surface area contributed by atoms with Crippen LogP contribution < -0.4 is 11.5 Å². The summed E-state index contributed by atoms with van der Waals surface area (Å²) in [6.45, 7) is 1.85. The van der Waals surface area contributed by atoms with Crippen LogP contribution in [0.3, 0.4) is 0 Å². The largest absolute Gasteiger partial charge is 0.417 e. The number of benzene rings is 1. The standard InChI is InChI=1S/C12H10N4O2/c1-6-4-8(15-11(13)14-6)7-2-3-10-9(5-7)16-12(17)18-10/h2-5H,1H3,(H,16,17)(H2,13,14,15). The van der Waals surface area contributed by atoms with E-state index in [4.69, 9.17) is 10.2 Å². The van der Waals surface area contributed by atoms with Crippen LogP contribution in [0.4, 0.5) is 5.95 Å². The summed E-state index contributed by atoms with van der Waals surface area (Å²) >= 11 is 0. The van der Waals surface area contributed by atoms with Crippen molar-refractivity contribution in [2.24, 2.45) is 0 Å². The second kappa shape index (κ2) is 3.69. The lowest BCUT2D eigenvalue weighted by atomic mass is 10.1. The van der Waals surface area contributed by atoms with Crippen LogP contribution in [-0.2, 0) is 0 Å². The molecule has 0 aliphatic heterocycles. The highest BCUT2D eigenvalue weighted by Gasteiger charge is 2.06. The van der Waals surface area contributed by atoms with Crippen molar-refractivity contribution in [2.45, 2.75) is 6.92 Å². The Kier molecular flexibility index (Phi) is 2.16. The van der Waals surface area contributed by atoms with Crippen LogP contribution in [0.2, 0.25) is 0 Å². The van der Waals surface area contributed by atoms with Crippen LogP contribution in [0, 0.1) is 6.92 Å². The second-order valence-electron chi connectivity index (χ2n) is 3.98. The first kappa shape index (κ1) is 10.5. The summed E-state index contributed by atoms with van der Waals surface area (Å²) in [5, 5.41) is 0. The predicted octanol–water partition coefficient (Wildman–Crippen LogP) is 1.47. The lowest BCUT2D eigenvalue weighted by Gasteiger charge is -2.03. The molecule has 0 saturated carbocycles. The van der Waals surface area contributed by atoms with E-state index in [0.29, 0.717) is 16.8 Å². The topological polar surface area (TPSA) is 97.8 Å². The zero-order valence-electron chi connectivity index (χ0n) is 9.60. The highest BCUT2D eigenvalue weighted by Crippen LogP contribution is 2.22. The molecule has 0 spiro atoms. The molecule has 90 valence electrons. The molecule has 0 aliphatic carbocycles. The van der Waals surface area contributed by atoms with E-state index in [-0.39, 0.29) is 5.95 Å². The van der Waals surface area contributed by atoms with Crippen molar-refractivity contribution in [2.75, 3.05) is 5.73 Å². The molecule has 3 aromatic rings. The molecule has 0 saturated heterocycles. The number of fused-ring (bicyclic) bond motifs is 1. The van der Waals surface area contributed by atoms with Gasteiger partial charge < -0.3 is 10.2 Å². The van der Waals surface area contributed by atoms with Crippen molar-refractivity contribution in [3.8, 4) is 11.3 Å². The third kappa shape index (κ3) is 1.73. The molecule has 0 aliphatic rings. The van der Waals surface area contributed by atoms with E-state index in [1.54, 1.807) is 12.1 Å². The van der Waals surface area contributed by atoms with E-state index in [0.717, 1.165) is 11.3 Å². The molecule has 1 aromatic carbocycles. The zero-order valence-corrected chi connectivity index (χ0v) is 9.60. The number of hydrogen-bond acceptors (Lipinski definition) is 5. The minimum Gasteiger partial charge on any atom is -0.408 e. The number of H-pyrrole nitrogens is 1. The number of aromatic nitrogens is 3. The van der Waals surface area contributed by atoms with E-state index in [9.17, 15) is 4.79 Å². The smallest absolute Gasteiger partial charge is 0.408 e. The van der Waals surface area contributed by atoms with Crippen LogP contribution in [0.25, 0.3) is 22.4 Å². The monoisotopic (exact) mass is 242 g/mol. The summed E-state index contributed by atoms with van der Waals surface area (Å²) in [5.74, 6) is -0.244. The first-order valence-electron chi connectivity index (χ1n) is 5.36. The lowest BCUT2D eigenvalue weighted by molar-refractivity contribution is 0.555. The van der Waals surface area contributed by atoms with Gasteiger partial charge in [-0.2, -0.15) is 0 Å². The summed E-state index contributed by atoms with van der Waals surface area (Å²) < 4.78 is 4.94. The van der Waals surface area contributed by atoms with Gasteiger partial charge in [-0.3, -0.25) is 4.98 Å². The normalized spacial score (nSPS) is 10.9. The first-order chi connectivity index (χ1) is 8.61.